The molecule has 120 valence electrons. The van der Waals surface area contributed by atoms with Crippen molar-refractivity contribution in [3.05, 3.63) is 30.0 Å². The van der Waals surface area contributed by atoms with Gasteiger partial charge in [-0.05, 0) is 31.5 Å². The van der Waals surface area contributed by atoms with Crippen LogP contribution >= 0.6 is 12.4 Å². The summed E-state index contributed by atoms with van der Waals surface area (Å²) in [5, 5.41) is 7.34. The average Bonchev–Trinajstić information content (AvgIpc) is 2.90. The Hall–Kier alpha value is -1.72. The van der Waals surface area contributed by atoms with Gasteiger partial charge in [-0.2, -0.15) is 0 Å². The maximum atomic E-state index is 12.1. The van der Waals surface area contributed by atoms with Crippen molar-refractivity contribution >= 4 is 29.3 Å². The summed E-state index contributed by atoms with van der Waals surface area (Å²) >= 11 is 0. The number of hydrogen-bond donors (Lipinski definition) is 2. The van der Waals surface area contributed by atoms with Gasteiger partial charge in [0.2, 0.25) is 5.91 Å². The lowest BCUT2D eigenvalue weighted by molar-refractivity contribution is -0.121. The molecule has 1 aliphatic heterocycles. The average molecular weight is 325 g/mol. The largest absolute Gasteiger partial charge is 0.497 e. The first-order valence-corrected chi connectivity index (χ1v) is 7.30. The van der Waals surface area contributed by atoms with E-state index in [2.05, 4.69) is 10.6 Å². The van der Waals surface area contributed by atoms with Crippen LogP contribution in [0.15, 0.2) is 28.9 Å². The zero-order valence-corrected chi connectivity index (χ0v) is 13.4. The molecule has 0 saturated carbocycles. The maximum Gasteiger partial charge on any atom is 0.224 e. The van der Waals surface area contributed by atoms with E-state index in [1.54, 1.807) is 13.4 Å². The molecule has 1 unspecified atom stereocenters. The van der Waals surface area contributed by atoms with E-state index in [9.17, 15) is 4.79 Å². The molecular formula is C16H21ClN2O3. The van der Waals surface area contributed by atoms with E-state index in [4.69, 9.17) is 9.15 Å². The van der Waals surface area contributed by atoms with Gasteiger partial charge in [-0.15, -0.1) is 12.4 Å². The van der Waals surface area contributed by atoms with Crippen LogP contribution in [0.5, 0.6) is 5.75 Å². The third kappa shape index (κ3) is 3.72. The Morgan fingerprint density at radius 2 is 2.36 bits per heavy atom. The van der Waals surface area contributed by atoms with Gasteiger partial charge in [0.1, 0.15) is 11.3 Å². The van der Waals surface area contributed by atoms with Crippen LogP contribution in [0.25, 0.3) is 11.0 Å². The van der Waals surface area contributed by atoms with Crippen molar-refractivity contribution in [2.75, 3.05) is 20.2 Å². The molecule has 2 heterocycles. The minimum Gasteiger partial charge on any atom is -0.497 e. The Morgan fingerprint density at radius 1 is 1.50 bits per heavy atom. The number of fused-ring (bicyclic) bond motifs is 1. The van der Waals surface area contributed by atoms with Crippen molar-refractivity contribution in [1.82, 2.24) is 10.6 Å². The SMILES string of the molecule is COc1ccc2c(CC(=O)NC3CCCNC3)coc2c1.Cl. The highest BCUT2D eigenvalue weighted by molar-refractivity contribution is 5.88. The van der Waals surface area contributed by atoms with E-state index in [0.717, 1.165) is 48.2 Å². The van der Waals surface area contributed by atoms with Gasteiger partial charge < -0.3 is 19.8 Å². The fourth-order valence-electron chi connectivity index (χ4n) is 2.75. The second-order valence-electron chi connectivity index (χ2n) is 5.41. The Morgan fingerprint density at radius 3 is 3.09 bits per heavy atom. The summed E-state index contributed by atoms with van der Waals surface area (Å²) in [6.07, 6.45) is 4.15. The molecule has 0 bridgehead atoms. The summed E-state index contributed by atoms with van der Waals surface area (Å²) in [5.74, 6) is 0.795. The maximum absolute atomic E-state index is 12.1. The second kappa shape index (κ2) is 7.51. The molecule has 1 atom stereocenters. The Bertz CT molecular complexity index is 635. The van der Waals surface area contributed by atoms with E-state index in [0.29, 0.717) is 6.42 Å². The fourth-order valence-corrected chi connectivity index (χ4v) is 2.75. The van der Waals surface area contributed by atoms with Gasteiger partial charge in [-0.3, -0.25) is 4.79 Å². The van der Waals surface area contributed by atoms with Gasteiger partial charge >= 0.3 is 0 Å². The highest BCUT2D eigenvalue weighted by Crippen LogP contribution is 2.25. The van der Waals surface area contributed by atoms with Gasteiger partial charge in [0.25, 0.3) is 0 Å². The third-order valence-corrected chi connectivity index (χ3v) is 3.88. The van der Waals surface area contributed by atoms with Crippen molar-refractivity contribution in [2.45, 2.75) is 25.3 Å². The second-order valence-corrected chi connectivity index (χ2v) is 5.41. The molecule has 6 heteroatoms. The van der Waals surface area contributed by atoms with Gasteiger partial charge in [0.15, 0.2) is 0 Å². The molecular weight excluding hydrogens is 304 g/mol. The lowest BCUT2D eigenvalue weighted by atomic mass is 10.1. The monoisotopic (exact) mass is 324 g/mol. The molecule has 1 amide bonds. The van der Waals surface area contributed by atoms with E-state index < -0.39 is 0 Å². The molecule has 0 radical (unpaired) electrons. The van der Waals surface area contributed by atoms with Gasteiger partial charge in [0.05, 0.1) is 19.8 Å². The van der Waals surface area contributed by atoms with Crippen LogP contribution in [0.3, 0.4) is 0 Å². The van der Waals surface area contributed by atoms with Crippen LogP contribution in [-0.4, -0.2) is 32.1 Å². The van der Waals surface area contributed by atoms with Crippen molar-refractivity contribution in [3.63, 3.8) is 0 Å². The van der Waals surface area contributed by atoms with E-state index in [1.165, 1.54) is 0 Å². The number of piperidine rings is 1. The van der Waals surface area contributed by atoms with Crippen molar-refractivity contribution in [3.8, 4) is 5.75 Å². The number of methoxy groups -OCH3 is 1. The molecule has 2 aromatic rings. The van der Waals surface area contributed by atoms with Crippen molar-refractivity contribution in [1.29, 1.82) is 0 Å². The number of carbonyl (C=O) groups is 1. The number of ether oxygens (including phenoxy) is 1. The van der Waals surface area contributed by atoms with Gasteiger partial charge in [-0.1, -0.05) is 0 Å². The highest BCUT2D eigenvalue weighted by atomic mass is 35.5. The smallest absolute Gasteiger partial charge is 0.224 e. The molecule has 1 saturated heterocycles. The van der Waals surface area contributed by atoms with Crippen molar-refractivity contribution < 1.29 is 13.9 Å². The topological polar surface area (TPSA) is 63.5 Å². The quantitative estimate of drug-likeness (QED) is 0.905. The van der Waals surface area contributed by atoms with E-state index in [1.807, 2.05) is 18.2 Å². The summed E-state index contributed by atoms with van der Waals surface area (Å²) in [4.78, 5) is 12.1. The standard InChI is InChI=1S/C16H20N2O3.ClH/c1-20-13-4-5-14-11(10-21-15(14)8-13)7-16(19)18-12-3-2-6-17-9-12;/h4-5,8,10,12,17H,2-3,6-7,9H2,1H3,(H,18,19);1H. The molecule has 2 N–H and O–H groups in total. The van der Waals surface area contributed by atoms with Crippen LogP contribution < -0.4 is 15.4 Å². The van der Waals surface area contributed by atoms with E-state index in [-0.39, 0.29) is 24.4 Å². The predicted octanol–water partition coefficient (Wildman–Crippen LogP) is 2.27. The summed E-state index contributed by atoms with van der Waals surface area (Å²) < 4.78 is 10.7. The van der Waals surface area contributed by atoms with Crippen molar-refractivity contribution in [2.24, 2.45) is 0 Å². The molecule has 22 heavy (non-hydrogen) atoms. The normalized spacial score (nSPS) is 17.8. The lowest BCUT2D eigenvalue weighted by Gasteiger charge is -2.23. The van der Waals surface area contributed by atoms with Gasteiger partial charge in [0, 0.05) is 29.6 Å². The first-order chi connectivity index (χ1) is 10.3. The molecule has 1 fully saturated rings. The minimum atomic E-state index is 0. The molecule has 1 aliphatic rings. The number of benzene rings is 1. The number of nitrogens with one attached hydrogen (secondary N) is 2. The first-order valence-electron chi connectivity index (χ1n) is 7.30. The highest BCUT2D eigenvalue weighted by Gasteiger charge is 2.17. The number of halogens is 1. The van der Waals surface area contributed by atoms with E-state index >= 15 is 0 Å². The molecule has 1 aromatic carbocycles. The number of hydrogen-bond acceptors (Lipinski definition) is 4. The number of furan rings is 1. The van der Waals surface area contributed by atoms with Crippen LogP contribution in [-0.2, 0) is 11.2 Å². The predicted molar refractivity (Wildman–Crippen MR) is 87.8 cm³/mol. The number of rotatable bonds is 4. The summed E-state index contributed by atoms with van der Waals surface area (Å²) in [6, 6.07) is 5.89. The minimum absolute atomic E-state index is 0. The molecule has 0 aliphatic carbocycles. The number of carbonyl (C=O) groups excluding carboxylic acids is 1. The molecule has 1 aromatic heterocycles. The number of amides is 1. The zero-order chi connectivity index (χ0) is 14.7. The Kier molecular flexibility index (Phi) is 5.69. The Balaban J connectivity index is 0.00000176. The van der Waals surface area contributed by atoms with Crippen LogP contribution in [0, 0.1) is 0 Å². The molecule has 3 rings (SSSR count). The van der Waals surface area contributed by atoms with Crippen LogP contribution in [0.4, 0.5) is 0 Å². The summed E-state index contributed by atoms with van der Waals surface area (Å²) in [5.41, 5.74) is 1.66. The fraction of sp³-hybridized carbons (Fsp3) is 0.438. The summed E-state index contributed by atoms with van der Waals surface area (Å²) in [6.45, 7) is 1.90. The van der Waals surface area contributed by atoms with Crippen LogP contribution in [0.1, 0.15) is 18.4 Å². The zero-order valence-electron chi connectivity index (χ0n) is 12.6. The van der Waals surface area contributed by atoms with Crippen LogP contribution in [0.2, 0.25) is 0 Å². The first kappa shape index (κ1) is 16.6. The summed E-state index contributed by atoms with van der Waals surface area (Å²) in [7, 11) is 1.62. The lowest BCUT2D eigenvalue weighted by Crippen LogP contribution is -2.46. The third-order valence-electron chi connectivity index (χ3n) is 3.88. The molecule has 5 nitrogen and oxygen atoms in total. The molecule has 0 spiro atoms. The Labute approximate surface area is 135 Å². The van der Waals surface area contributed by atoms with Gasteiger partial charge in [-0.25, -0.2) is 0 Å².